The zero-order chi connectivity index (χ0) is 10.1. The van der Waals surface area contributed by atoms with E-state index >= 15 is 0 Å². The van der Waals surface area contributed by atoms with Gasteiger partial charge in [0.1, 0.15) is 11.6 Å². The van der Waals surface area contributed by atoms with Crippen molar-refractivity contribution in [2.75, 3.05) is 0 Å². The lowest BCUT2D eigenvalue weighted by atomic mass is 9.98. The molecule has 1 nitrogen and oxygen atoms in total. The van der Waals surface area contributed by atoms with Crippen LogP contribution in [0.1, 0.15) is 30.7 Å². The Kier molecular flexibility index (Phi) is 2.68. The van der Waals surface area contributed by atoms with E-state index in [2.05, 4.69) is 15.9 Å². The first-order chi connectivity index (χ1) is 6.66. The number of ketones is 1. The quantitative estimate of drug-likeness (QED) is 0.753. The Morgan fingerprint density at radius 1 is 1.43 bits per heavy atom. The van der Waals surface area contributed by atoms with Crippen LogP contribution in [0.3, 0.4) is 0 Å². The van der Waals surface area contributed by atoms with Crippen LogP contribution in [0.2, 0.25) is 0 Å². The summed E-state index contributed by atoms with van der Waals surface area (Å²) in [5, 5.41) is 0. The van der Waals surface area contributed by atoms with Crippen LogP contribution >= 0.6 is 15.9 Å². The molecule has 2 rings (SSSR count). The Bertz CT molecular complexity index is 376. The highest BCUT2D eigenvalue weighted by Gasteiger charge is 2.23. The second-order valence-electron chi connectivity index (χ2n) is 3.65. The molecule has 1 aliphatic rings. The van der Waals surface area contributed by atoms with Gasteiger partial charge in [0.05, 0.1) is 4.47 Å². The molecule has 1 aliphatic carbocycles. The summed E-state index contributed by atoms with van der Waals surface area (Å²) >= 11 is 3.11. The minimum Gasteiger partial charge on any atom is -0.300 e. The number of rotatable bonds is 1. The van der Waals surface area contributed by atoms with Gasteiger partial charge >= 0.3 is 0 Å². The molecule has 1 aromatic carbocycles. The van der Waals surface area contributed by atoms with E-state index in [0.29, 0.717) is 23.1 Å². The lowest BCUT2D eigenvalue weighted by molar-refractivity contribution is -0.117. The van der Waals surface area contributed by atoms with Gasteiger partial charge in [-0.25, -0.2) is 4.39 Å². The van der Waals surface area contributed by atoms with Gasteiger partial charge in [-0.2, -0.15) is 0 Å². The summed E-state index contributed by atoms with van der Waals surface area (Å²) in [6.45, 7) is 0. The molecule has 14 heavy (non-hydrogen) atoms. The number of hydrogen-bond acceptors (Lipinski definition) is 1. The van der Waals surface area contributed by atoms with Crippen molar-refractivity contribution >= 4 is 21.7 Å². The predicted molar refractivity (Wildman–Crippen MR) is 55.7 cm³/mol. The molecule has 0 amide bonds. The Hall–Kier alpha value is -0.700. The van der Waals surface area contributed by atoms with Gasteiger partial charge in [0, 0.05) is 12.8 Å². The second-order valence-corrected chi connectivity index (χ2v) is 4.51. The minimum atomic E-state index is -0.248. The van der Waals surface area contributed by atoms with Gasteiger partial charge in [-0.3, -0.25) is 4.79 Å². The molecule has 0 radical (unpaired) electrons. The molecular formula is C11H10BrFO. The molecule has 0 N–H and O–H groups in total. The third-order valence-corrected chi connectivity index (χ3v) is 3.30. The highest BCUT2D eigenvalue weighted by atomic mass is 79.9. The number of hydrogen-bond donors (Lipinski definition) is 0. The monoisotopic (exact) mass is 256 g/mol. The molecule has 1 fully saturated rings. The third kappa shape index (κ3) is 1.87. The maximum absolute atomic E-state index is 13.2. The molecule has 0 saturated heterocycles. The zero-order valence-electron chi connectivity index (χ0n) is 7.59. The fourth-order valence-corrected chi connectivity index (χ4v) is 2.11. The maximum Gasteiger partial charge on any atom is 0.137 e. The SMILES string of the molecule is O=C1CCC(c2ccc(Br)c(F)c2)C1. The van der Waals surface area contributed by atoms with E-state index in [1.165, 1.54) is 6.07 Å². The fourth-order valence-electron chi connectivity index (χ4n) is 1.86. The normalized spacial score (nSPS) is 21.6. The van der Waals surface area contributed by atoms with E-state index in [1.54, 1.807) is 6.07 Å². The summed E-state index contributed by atoms with van der Waals surface area (Å²) in [7, 11) is 0. The summed E-state index contributed by atoms with van der Waals surface area (Å²) in [5.74, 6) is 0.269. The highest BCUT2D eigenvalue weighted by Crippen LogP contribution is 2.33. The van der Waals surface area contributed by atoms with Gasteiger partial charge < -0.3 is 0 Å². The lowest BCUT2D eigenvalue weighted by Crippen LogP contribution is -1.95. The van der Waals surface area contributed by atoms with Gasteiger partial charge in [-0.05, 0) is 46.0 Å². The van der Waals surface area contributed by atoms with Gasteiger partial charge in [0.2, 0.25) is 0 Å². The van der Waals surface area contributed by atoms with Crippen molar-refractivity contribution < 1.29 is 9.18 Å². The van der Waals surface area contributed by atoms with E-state index in [1.807, 2.05) is 6.07 Å². The van der Waals surface area contributed by atoms with Gasteiger partial charge in [0.25, 0.3) is 0 Å². The van der Waals surface area contributed by atoms with Crippen LogP contribution in [0.15, 0.2) is 22.7 Å². The van der Waals surface area contributed by atoms with E-state index in [0.717, 1.165) is 12.0 Å². The van der Waals surface area contributed by atoms with E-state index in [-0.39, 0.29) is 11.7 Å². The van der Waals surface area contributed by atoms with Crippen molar-refractivity contribution in [2.45, 2.75) is 25.2 Å². The van der Waals surface area contributed by atoms with Crippen LogP contribution in [0.5, 0.6) is 0 Å². The van der Waals surface area contributed by atoms with Crippen LogP contribution in [-0.4, -0.2) is 5.78 Å². The van der Waals surface area contributed by atoms with Crippen molar-refractivity contribution in [3.05, 3.63) is 34.1 Å². The smallest absolute Gasteiger partial charge is 0.137 e. The number of benzene rings is 1. The topological polar surface area (TPSA) is 17.1 Å². The molecule has 1 aromatic rings. The molecular weight excluding hydrogens is 247 g/mol. The number of Topliss-reactive ketones (excluding diaryl/α,β-unsaturated/α-hetero) is 1. The molecule has 0 bridgehead atoms. The predicted octanol–water partition coefficient (Wildman–Crippen LogP) is 3.42. The first kappa shape index (κ1) is 9.84. The second kappa shape index (κ2) is 3.81. The molecule has 1 unspecified atom stereocenters. The molecule has 0 aliphatic heterocycles. The highest BCUT2D eigenvalue weighted by molar-refractivity contribution is 9.10. The van der Waals surface area contributed by atoms with Crippen LogP contribution in [-0.2, 0) is 4.79 Å². The molecule has 1 saturated carbocycles. The van der Waals surface area contributed by atoms with Crippen molar-refractivity contribution in [3.63, 3.8) is 0 Å². The number of halogens is 2. The molecule has 74 valence electrons. The number of carbonyl (C=O) groups is 1. The summed E-state index contributed by atoms with van der Waals surface area (Å²) in [4.78, 5) is 11.1. The first-order valence-electron chi connectivity index (χ1n) is 4.63. The largest absolute Gasteiger partial charge is 0.300 e. The summed E-state index contributed by atoms with van der Waals surface area (Å²) in [6, 6.07) is 5.11. The lowest BCUT2D eigenvalue weighted by Gasteiger charge is -2.08. The fraction of sp³-hybridized carbons (Fsp3) is 0.364. The van der Waals surface area contributed by atoms with Crippen LogP contribution in [0, 0.1) is 5.82 Å². The van der Waals surface area contributed by atoms with E-state index < -0.39 is 0 Å². The molecule has 1 atom stereocenters. The average molecular weight is 257 g/mol. The van der Waals surface area contributed by atoms with Crippen molar-refractivity contribution in [2.24, 2.45) is 0 Å². The van der Waals surface area contributed by atoms with Gasteiger partial charge in [0.15, 0.2) is 0 Å². The Balaban J connectivity index is 2.24. The standard InChI is InChI=1S/C11H10BrFO/c12-10-4-2-8(6-11(10)13)7-1-3-9(14)5-7/h2,4,6-7H,1,3,5H2. The summed E-state index contributed by atoms with van der Waals surface area (Å²) < 4.78 is 13.7. The molecule has 0 aromatic heterocycles. The Labute approximate surface area is 90.4 Å². The van der Waals surface area contributed by atoms with Crippen molar-refractivity contribution in [1.29, 1.82) is 0 Å². The minimum absolute atomic E-state index is 0.227. The molecule has 0 spiro atoms. The summed E-state index contributed by atoms with van der Waals surface area (Å²) in [6.07, 6.45) is 2.07. The summed E-state index contributed by atoms with van der Waals surface area (Å²) in [5.41, 5.74) is 0.941. The van der Waals surface area contributed by atoms with E-state index in [9.17, 15) is 9.18 Å². The molecule has 0 heterocycles. The van der Waals surface area contributed by atoms with E-state index in [4.69, 9.17) is 0 Å². The van der Waals surface area contributed by atoms with Crippen molar-refractivity contribution in [1.82, 2.24) is 0 Å². The van der Waals surface area contributed by atoms with Gasteiger partial charge in [-0.1, -0.05) is 6.07 Å². The van der Waals surface area contributed by atoms with Crippen LogP contribution in [0.4, 0.5) is 4.39 Å². The zero-order valence-corrected chi connectivity index (χ0v) is 9.18. The Morgan fingerprint density at radius 3 is 2.79 bits per heavy atom. The van der Waals surface area contributed by atoms with Crippen molar-refractivity contribution in [3.8, 4) is 0 Å². The Morgan fingerprint density at radius 2 is 2.21 bits per heavy atom. The average Bonchev–Trinajstić information content (AvgIpc) is 2.57. The number of carbonyl (C=O) groups excluding carboxylic acids is 1. The third-order valence-electron chi connectivity index (χ3n) is 2.66. The van der Waals surface area contributed by atoms with Gasteiger partial charge in [-0.15, -0.1) is 0 Å². The maximum atomic E-state index is 13.2. The first-order valence-corrected chi connectivity index (χ1v) is 5.43. The van der Waals surface area contributed by atoms with Crippen LogP contribution < -0.4 is 0 Å². The molecule has 3 heteroatoms. The van der Waals surface area contributed by atoms with Crippen LogP contribution in [0.25, 0.3) is 0 Å².